The molecule has 2 N–H and O–H groups in total. The van der Waals surface area contributed by atoms with E-state index in [1.165, 1.54) is 18.6 Å². The maximum absolute atomic E-state index is 13.3. The van der Waals surface area contributed by atoms with Gasteiger partial charge in [0.15, 0.2) is 0 Å². The molecule has 2 aliphatic heterocycles. The van der Waals surface area contributed by atoms with Crippen molar-refractivity contribution >= 4 is 17.3 Å². The normalized spacial score (nSPS) is 41.6. The van der Waals surface area contributed by atoms with Gasteiger partial charge in [-0.15, -0.1) is 0 Å². The average molecular weight is 323 g/mol. The van der Waals surface area contributed by atoms with Gasteiger partial charge in [-0.2, -0.15) is 0 Å². The van der Waals surface area contributed by atoms with Crippen molar-refractivity contribution in [1.82, 2.24) is 5.32 Å². The van der Waals surface area contributed by atoms with Crippen molar-refractivity contribution in [2.45, 2.75) is 39.2 Å². The number of anilines is 1. The van der Waals surface area contributed by atoms with Crippen LogP contribution in [0.5, 0.6) is 0 Å². The molecule has 5 rings (SSSR count). The summed E-state index contributed by atoms with van der Waals surface area (Å²) in [6, 6.07) is 8.18. The Labute approximate surface area is 143 Å². The third kappa shape index (κ3) is 1.37. The summed E-state index contributed by atoms with van der Waals surface area (Å²) in [7, 11) is 0. The molecule has 1 amide bonds. The topological polar surface area (TPSA) is 53.5 Å². The van der Waals surface area contributed by atoms with Crippen LogP contribution in [0.25, 0.3) is 0 Å². The van der Waals surface area contributed by atoms with Gasteiger partial charge in [0.25, 0.3) is 0 Å². The van der Waals surface area contributed by atoms with E-state index in [1.54, 1.807) is 0 Å². The molecule has 4 heteroatoms. The highest BCUT2D eigenvalue weighted by molar-refractivity contribution is 6.11. The molecule has 2 saturated carbocycles. The number of amides is 1. The summed E-state index contributed by atoms with van der Waals surface area (Å²) in [5, 5.41) is 6.79. The van der Waals surface area contributed by atoms with Crippen molar-refractivity contribution in [3.8, 4) is 0 Å². The second-order valence-corrected chi connectivity index (χ2v) is 8.68. The smallest absolute Gasteiger partial charge is 0.250 e. The molecular weight excluding hydrogens is 298 g/mol. The minimum absolute atomic E-state index is 0.107. The monoisotopic (exact) mass is 323 g/mol. The largest absolute Gasteiger partial charge is 0.324 e. The van der Waals surface area contributed by atoms with Crippen molar-refractivity contribution in [1.29, 1.82) is 0 Å². The Morgan fingerprint density at radius 1 is 1.21 bits per heavy atom. The first-order valence-electron chi connectivity index (χ1n) is 9.14. The second kappa shape index (κ2) is 4.29. The zero-order chi connectivity index (χ0) is 16.7. The van der Waals surface area contributed by atoms with E-state index in [9.17, 15) is 4.79 Å². The lowest BCUT2D eigenvalue weighted by atomic mass is 9.67. The lowest BCUT2D eigenvalue weighted by Gasteiger charge is -2.40. The predicted molar refractivity (Wildman–Crippen MR) is 95.2 cm³/mol. The molecule has 0 aromatic heterocycles. The van der Waals surface area contributed by atoms with Gasteiger partial charge >= 0.3 is 0 Å². The van der Waals surface area contributed by atoms with Crippen molar-refractivity contribution < 1.29 is 4.79 Å². The van der Waals surface area contributed by atoms with Crippen molar-refractivity contribution in [2.24, 2.45) is 27.7 Å². The Kier molecular flexibility index (Phi) is 2.62. The number of benzene rings is 1. The van der Waals surface area contributed by atoms with E-state index < -0.39 is 5.54 Å². The standard InChI is InChI=1S/C20H25N3O/c1-18(2)13-8-9-19(18,3)16-15(13)20(22-11-10-21-16)12-6-4-5-7-14(12)23-17(20)24/h4-7,13,15,22H,8-11H2,1-3H3,(H,23,24)/t13-,15?,19+,20?/m1/s1. The van der Waals surface area contributed by atoms with E-state index in [0.29, 0.717) is 5.92 Å². The van der Waals surface area contributed by atoms with Crippen LogP contribution in [-0.4, -0.2) is 24.7 Å². The zero-order valence-corrected chi connectivity index (χ0v) is 14.6. The Hall–Kier alpha value is -1.68. The maximum atomic E-state index is 13.3. The zero-order valence-electron chi connectivity index (χ0n) is 14.6. The lowest BCUT2D eigenvalue weighted by Crippen LogP contribution is -2.57. The van der Waals surface area contributed by atoms with Crippen molar-refractivity contribution in [3.63, 3.8) is 0 Å². The van der Waals surface area contributed by atoms with Crippen LogP contribution >= 0.6 is 0 Å². The first kappa shape index (κ1) is 14.6. The first-order chi connectivity index (χ1) is 11.4. The van der Waals surface area contributed by atoms with Crippen molar-refractivity contribution in [3.05, 3.63) is 29.8 Å². The predicted octanol–water partition coefficient (Wildman–Crippen LogP) is 2.95. The molecule has 1 aromatic rings. The lowest BCUT2D eigenvalue weighted by molar-refractivity contribution is -0.124. The van der Waals surface area contributed by atoms with Gasteiger partial charge in [0.2, 0.25) is 5.91 Å². The number of nitrogens with one attached hydrogen (secondary N) is 2. The number of fused-ring (bicyclic) bond motifs is 8. The molecule has 4 atom stereocenters. The van der Waals surface area contributed by atoms with Crippen molar-refractivity contribution in [2.75, 3.05) is 18.4 Å². The van der Waals surface area contributed by atoms with Crippen LogP contribution in [0.4, 0.5) is 5.69 Å². The molecule has 4 aliphatic rings. The third-order valence-corrected chi connectivity index (χ3v) is 7.79. The van der Waals surface area contributed by atoms with E-state index in [2.05, 4.69) is 37.5 Å². The molecule has 0 radical (unpaired) electrons. The summed E-state index contributed by atoms with van der Waals surface area (Å²) < 4.78 is 0. The SMILES string of the molecule is CC1(C)[C@@H]2CC[C@@]1(C)C1=NCCNC3(C(=O)Nc4ccccc43)C12. The number of rotatable bonds is 0. The summed E-state index contributed by atoms with van der Waals surface area (Å²) in [5.74, 6) is 0.761. The Morgan fingerprint density at radius 3 is 2.83 bits per heavy atom. The molecular formula is C20H25N3O. The minimum atomic E-state index is -0.647. The quantitative estimate of drug-likeness (QED) is 0.771. The second-order valence-electron chi connectivity index (χ2n) is 8.68. The Balaban J connectivity index is 1.78. The van der Waals surface area contributed by atoms with Crippen LogP contribution in [0, 0.1) is 22.7 Å². The van der Waals surface area contributed by atoms with E-state index in [0.717, 1.165) is 24.3 Å². The molecule has 1 spiro atoms. The molecule has 2 bridgehead atoms. The molecule has 2 unspecified atom stereocenters. The van der Waals surface area contributed by atoms with Crippen LogP contribution in [0.15, 0.2) is 29.3 Å². The van der Waals surface area contributed by atoms with E-state index in [-0.39, 0.29) is 22.7 Å². The number of para-hydroxylation sites is 1. The van der Waals surface area contributed by atoms with Gasteiger partial charge in [-0.1, -0.05) is 39.0 Å². The van der Waals surface area contributed by atoms with Crippen LogP contribution < -0.4 is 10.6 Å². The van der Waals surface area contributed by atoms with Crippen LogP contribution in [0.3, 0.4) is 0 Å². The van der Waals surface area contributed by atoms with Crippen LogP contribution in [0.1, 0.15) is 39.2 Å². The number of carbonyl (C=O) groups is 1. The van der Waals surface area contributed by atoms with Gasteiger partial charge in [0, 0.05) is 34.8 Å². The van der Waals surface area contributed by atoms with E-state index >= 15 is 0 Å². The maximum Gasteiger partial charge on any atom is 0.250 e. The molecule has 24 heavy (non-hydrogen) atoms. The van der Waals surface area contributed by atoms with Gasteiger partial charge in [-0.05, 0) is 30.2 Å². The van der Waals surface area contributed by atoms with Crippen LogP contribution in [-0.2, 0) is 10.3 Å². The summed E-state index contributed by atoms with van der Waals surface area (Å²) in [4.78, 5) is 18.3. The summed E-state index contributed by atoms with van der Waals surface area (Å²) in [5.41, 5.74) is 3.01. The summed E-state index contributed by atoms with van der Waals surface area (Å²) >= 11 is 0. The molecule has 1 aromatic carbocycles. The highest BCUT2D eigenvalue weighted by Gasteiger charge is 2.71. The fraction of sp³-hybridized carbons (Fsp3) is 0.600. The minimum Gasteiger partial charge on any atom is -0.324 e. The summed E-state index contributed by atoms with van der Waals surface area (Å²) in [6.45, 7) is 8.67. The Morgan fingerprint density at radius 2 is 2.00 bits per heavy atom. The van der Waals surface area contributed by atoms with Gasteiger partial charge in [0.05, 0.1) is 6.54 Å². The van der Waals surface area contributed by atoms with Gasteiger partial charge in [0.1, 0.15) is 5.54 Å². The highest BCUT2D eigenvalue weighted by atomic mass is 16.2. The Bertz CT molecular complexity index is 783. The molecule has 2 fully saturated rings. The number of hydrogen-bond donors (Lipinski definition) is 2. The average Bonchev–Trinajstić information content (AvgIpc) is 2.92. The molecule has 126 valence electrons. The summed E-state index contributed by atoms with van der Waals surface area (Å²) in [6.07, 6.45) is 2.38. The molecule has 4 nitrogen and oxygen atoms in total. The fourth-order valence-corrected chi connectivity index (χ4v) is 6.19. The number of carbonyl (C=O) groups excluding carboxylic acids is 1. The van der Waals surface area contributed by atoms with E-state index in [1.807, 2.05) is 18.2 Å². The van der Waals surface area contributed by atoms with Gasteiger partial charge < -0.3 is 5.32 Å². The number of hydrogen-bond acceptors (Lipinski definition) is 3. The highest BCUT2D eigenvalue weighted by Crippen LogP contribution is 2.69. The van der Waals surface area contributed by atoms with Gasteiger partial charge in [-0.3, -0.25) is 15.1 Å². The molecule has 2 heterocycles. The molecule has 0 saturated heterocycles. The van der Waals surface area contributed by atoms with Gasteiger partial charge in [-0.25, -0.2) is 0 Å². The third-order valence-electron chi connectivity index (χ3n) is 7.79. The van der Waals surface area contributed by atoms with Crippen LogP contribution in [0.2, 0.25) is 0 Å². The molecule has 2 aliphatic carbocycles. The number of aliphatic imine (C=N–C) groups is 1. The fourth-order valence-electron chi connectivity index (χ4n) is 6.19. The number of nitrogens with zero attached hydrogens (tertiary/aromatic N) is 1. The first-order valence-corrected chi connectivity index (χ1v) is 9.14. The van der Waals surface area contributed by atoms with E-state index in [4.69, 9.17) is 4.99 Å².